The highest BCUT2D eigenvalue weighted by Crippen LogP contribution is 2.30. The van der Waals surface area contributed by atoms with Crippen LogP contribution in [-0.2, 0) is 27.3 Å². The molecule has 1 aliphatic rings. The molecule has 0 saturated heterocycles. The summed E-state index contributed by atoms with van der Waals surface area (Å²) in [6.45, 7) is 0.279. The van der Waals surface area contributed by atoms with Crippen molar-refractivity contribution >= 4 is 11.9 Å². The van der Waals surface area contributed by atoms with E-state index in [1.54, 1.807) is 18.2 Å². The van der Waals surface area contributed by atoms with Crippen molar-refractivity contribution in [3.05, 3.63) is 59.2 Å². The molecule has 154 valence electrons. The number of carboxylic acids is 1. The van der Waals surface area contributed by atoms with Crippen LogP contribution in [-0.4, -0.2) is 49.3 Å². The van der Waals surface area contributed by atoms with E-state index in [9.17, 15) is 14.7 Å². The third-order valence-corrected chi connectivity index (χ3v) is 4.92. The van der Waals surface area contributed by atoms with Gasteiger partial charge in [0.1, 0.15) is 18.0 Å². The summed E-state index contributed by atoms with van der Waals surface area (Å²) in [5, 5.41) is 9.30. The van der Waals surface area contributed by atoms with Gasteiger partial charge in [-0.2, -0.15) is 0 Å². The fourth-order valence-electron chi connectivity index (χ4n) is 3.51. The Labute approximate surface area is 169 Å². The first-order valence-corrected chi connectivity index (χ1v) is 9.41. The number of ether oxygens (including phenoxy) is 3. The Balaban J connectivity index is 1.79. The molecule has 29 heavy (non-hydrogen) atoms. The highest BCUT2D eigenvalue weighted by atomic mass is 16.5. The van der Waals surface area contributed by atoms with E-state index in [0.29, 0.717) is 18.1 Å². The lowest BCUT2D eigenvalue weighted by Gasteiger charge is -2.28. The van der Waals surface area contributed by atoms with E-state index >= 15 is 0 Å². The van der Waals surface area contributed by atoms with E-state index < -0.39 is 12.5 Å². The first-order valence-electron chi connectivity index (χ1n) is 9.41. The zero-order chi connectivity index (χ0) is 20.8. The fraction of sp³-hybridized carbons (Fsp3) is 0.364. The number of fused-ring (bicyclic) bond motifs is 1. The maximum absolute atomic E-state index is 13.0. The second-order valence-corrected chi connectivity index (χ2v) is 6.88. The molecule has 1 unspecified atom stereocenters. The summed E-state index contributed by atoms with van der Waals surface area (Å²) in [4.78, 5) is 25.7. The van der Waals surface area contributed by atoms with Gasteiger partial charge in [0.2, 0.25) is 5.91 Å². The van der Waals surface area contributed by atoms with E-state index in [0.717, 1.165) is 17.5 Å². The van der Waals surface area contributed by atoms with Crippen molar-refractivity contribution in [1.29, 1.82) is 0 Å². The quantitative estimate of drug-likeness (QED) is 0.735. The van der Waals surface area contributed by atoms with Gasteiger partial charge in [0.05, 0.1) is 33.4 Å². The molecule has 1 aliphatic heterocycles. The monoisotopic (exact) mass is 399 g/mol. The number of methoxy groups -OCH3 is 2. The summed E-state index contributed by atoms with van der Waals surface area (Å²) in [6.07, 6.45) is 0.526. The average Bonchev–Trinajstić information content (AvgIpc) is 2.72. The molecule has 0 aliphatic carbocycles. The molecule has 1 atom stereocenters. The SMILES string of the molecule is COc1cc(CN(CC(=O)O)C(=O)CC2OCCc3ccccc32)cc(OC)c1. The van der Waals surface area contributed by atoms with Crippen molar-refractivity contribution in [2.45, 2.75) is 25.5 Å². The highest BCUT2D eigenvalue weighted by Gasteiger charge is 2.26. The van der Waals surface area contributed by atoms with E-state index in [4.69, 9.17) is 14.2 Å². The molecule has 0 bridgehead atoms. The van der Waals surface area contributed by atoms with Crippen molar-refractivity contribution in [3.63, 3.8) is 0 Å². The Morgan fingerprint density at radius 1 is 1.14 bits per heavy atom. The Morgan fingerprint density at radius 2 is 1.83 bits per heavy atom. The minimum Gasteiger partial charge on any atom is -0.497 e. The van der Waals surface area contributed by atoms with E-state index in [1.165, 1.54) is 24.7 Å². The molecule has 0 fully saturated rings. The van der Waals surface area contributed by atoms with E-state index in [-0.39, 0.29) is 25.0 Å². The molecule has 1 heterocycles. The minimum atomic E-state index is -1.07. The van der Waals surface area contributed by atoms with Gasteiger partial charge in [-0.05, 0) is 35.2 Å². The molecule has 3 rings (SSSR count). The first-order chi connectivity index (χ1) is 14.0. The van der Waals surface area contributed by atoms with Gasteiger partial charge in [0, 0.05) is 12.6 Å². The molecule has 7 heteroatoms. The summed E-state index contributed by atoms with van der Waals surface area (Å²) >= 11 is 0. The van der Waals surface area contributed by atoms with Crippen molar-refractivity contribution in [2.24, 2.45) is 0 Å². The maximum Gasteiger partial charge on any atom is 0.323 e. The molecular formula is C22H25NO6. The zero-order valence-electron chi connectivity index (χ0n) is 16.6. The summed E-state index contributed by atoms with van der Waals surface area (Å²) in [5.74, 6) is -0.202. The summed E-state index contributed by atoms with van der Waals surface area (Å²) in [7, 11) is 3.08. The van der Waals surface area contributed by atoms with Gasteiger partial charge in [0.25, 0.3) is 0 Å². The second kappa shape index (κ2) is 9.43. The van der Waals surface area contributed by atoms with Crippen LogP contribution in [0.2, 0.25) is 0 Å². The topological polar surface area (TPSA) is 85.3 Å². The van der Waals surface area contributed by atoms with Gasteiger partial charge < -0.3 is 24.2 Å². The van der Waals surface area contributed by atoms with Crippen LogP contribution in [0.3, 0.4) is 0 Å². The Hall–Kier alpha value is -3.06. The van der Waals surface area contributed by atoms with Crippen LogP contribution in [0.4, 0.5) is 0 Å². The van der Waals surface area contributed by atoms with E-state index in [2.05, 4.69) is 0 Å². The normalized spacial score (nSPS) is 15.3. The van der Waals surface area contributed by atoms with Crippen molar-refractivity contribution < 1.29 is 28.9 Å². The van der Waals surface area contributed by atoms with Gasteiger partial charge >= 0.3 is 5.97 Å². The third-order valence-electron chi connectivity index (χ3n) is 4.92. The largest absolute Gasteiger partial charge is 0.497 e. The lowest BCUT2D eigenvalue weighted by atomic mass is 9.95. The smallest absolute Gasteiger partial charge is 0.323 e. The number of aliphatic carboxylic acids is 1. The van der Waals surface area contributed by atoms with E-state index in [1.807, 2.05) is 24.3 Å². The summed E-state index contributed by atoms with van der Waals surface area (Å²) in [5.41, 5.74) is 2.88. The molecule has 2 aromatic carbocycles. The van der Waals surface area contributed by atoms with Crippen LogP contribution < -0.4 is 9.47 Å². The first kappa shape index (κ1) is 20.7. The maximum atomic E-state index is 13.0. The number of nitrogens with zero attached hydrogens (tertiary/aromatic N) is 1. The predicted octanol–water partition coefficient (Wildman–Crippen LogP) is 2.82. The van der Waals surface area contributed by atoms with Crippen molar-refractivity contribution in [3.8, 4) is 11.5 Å². The van der Waals surface area contributed by atoms with Crippen LogP contribution in [0, 0.1) is 0 Å². The predicted molar refractivity (Wildman–Crippen MR) is 106 cm³/mol. The van der Waals surface area contributed by atoms with Crippen molar-refractivity contribution in [1.82, 2.24) is 4.90 Å². The molecule has 7 nitrogen and oxygen atoms in total. The Morgan fingerprint density at radius 3 is 2.48 bits per heavy atom. The molecule has 1 amide bonds. The van der Waals surface area contributed by atoms with Crippen LogP contribution >= 0.6 is 0 Å². The molecule has 0 saturated carbocycles. The lowest BCUT2D eigenvalue weighted by Crippen LogP contribution is -2.36. The van der Waals surface area contributed by atoms with Gasteiger partial charge in [-0.25, -0.2) is 0 Å². The second-order valence-electron chi connectivity index (χ2n) is 6.88. The van der Waals surface area contributed by atoms with Gasteiger partial charge in [0.15, 0.2) is 0 Å². The molecular weight excluding hydrogens is 374 g/mol. The average molecular weight is 399 g/mol. The number of hydrogen-bond donors (Lipinski definition) is 1. The Kier molecular flexibility index (Phi) is 6.72. The zero-order valence-corrected chi connectivity index (χ0v) is 16.6. The summed E-state index contributed by atoms with van der Waals surface area (Å²) < 4.78 is 16.3. The van der Waals surface area contributed by atoms with Crippen LogP contribution in [0.25, 0.3) is 0 Å². The molecule has 0 aromatic heterocycles. The highest BCUT2D eigenvalue weighted by molar-refractivity contribution is 5.82. The van der Waals surface area contributed by atoms with Crippen LogP contribution in [0.15, 0.2) is 42.5 Å². The van der Waals surface area contributed by atoms with Crippen molar-refractivity contribution in [2.75, 3.05) is 27.4 Å². The van der Waals surface area contributed by atoms with Gasteiger partial charge in [-0.1, -0.05) is 24.3 Å². The lowest BCUT2D eigenvalue weighted by molar-refractivity contribution is -0.146. The van der Waals surface area contributed by atoms with Gasteiger partial charge in [-0.3, -0.25) is 9.59 Å². The number of carbonyl (C=O) groups excluding carboxylic acids is 1. The minimum absolute atomic E-state index is 0.0887. The standard InChI is InChI=1S/C22H25NO6/c1-27-17-9-15(10-18(11-17)28-2)13-23(14-22(25)26)21(24)12-20-19-6-4-3-5-16(19)7-8-29-20/h3-6,9-11,20H,7-8,12-14H2,1-2H3,(H,25,26). The number of amides is 1. The number of benzene rings is 2. The fourth-order valence-corrected chi connectivity index (χ4v) is 3.51. The van der Waals surface area contributed by atoms with Gasteiger partial charge in [-0.15, -0.1) is 0 Å². The number of carbonyl (C=O) groups is 2. The van der Waals surface area contributed by atoms with Crippen LogP contribution in [0.1, 0.15) is 29.2 Å². The third kappa shape index (κ3) is 5.26. The Bertz CT molecular complexity index is 859. The summed E-state index contributed by atoms with van der Waals surface area (Å²) in [6, 6.07) is 13.1. The molecule has 2 aromatic rings. The molecule has 0 radical (unpaired) electrons. The van der Waals surface area contributed by atoms with Crippen LogP contribution in [0.5, 0.6) is 11.5 Å². The molecule has 0 spiro atoms. The molecule has 1 N–H and O–H groups in total. The number of carboxylic acid groups (broad SMARTS) is 1. The number of rotatable bonds is 8. The number of hydrogen-bond acceptors (Lipinski definition) is 5.